The Balaban J connectivity index is 2.25. The van der Waals surface area contributed by atoms with Crippen LogP contribution in [0.5, 0.6) is 0 Å². The second-order valence-corrected chi connectivity index (χ2v) is 7.64. The molecular formula is C18H18O2S. The molecule has 0 saturated heterocycles. The fraction of sp³-hybridized carbons (Fsp3) is 0.222. The maximum Gasteiger partial charge on any atom is 0.192 e. The van der Waals surface area contributed by atoms with Crippen LogP contribution < -0.4 is 0 Å². The molecule has 1 fully saturated rings. The van der Waals surface area contributed by atoms with Crippen LogP contribution in [0.3, 0.4) is 0 Å². The maximum atomic E-state index is 13.3. The fourth-order valence-corrected chi connectivity index (χ4v) is 5.52. The first-order chi connectivity index (χ1) is 10.1. The summed E-state index contributed by atoms with van der Waals surface area (Å²) in [5.74, 6) is 0. The lowest BCUT2D eigenvalue weighted by Gasteiger charge is -2.31. The zero-order valence-corrected chi connectivity index (χ0v) is 12.6. The summed E-state index contributed by atoms with van der Waals surface area (Å²) >= 11 is 0. The summed E-state index contributed by atoms with van der Waals surface area (Å²) in [6.45, 7) is 4.10. The van der Waals surface area contributed by atoms with Gasteiger partial charge in [0.1, 0.15) is 4.75 Å². The summed E-state index contributed by atoms with van der Waals surface area (Å²) < 4.78 is 25.6. The van der Waals surface area contributed by atoms with Gasteiger partial charge >= 0.3 is 0 Å². The summed E-state index contributed by atoms with van der Waals surface area (Å²) in [5.41, 5.74) is 1.63. The van der Waals surface area contributed by atoms with E-state index in [0.29, 0.717) is 11.3 Å². The van der Waals surface area contributed by atoms with Crippen LogP contribution in [0.1, 0.15) is 24.8 Å². The second kappa shape index (κ2) is 5.15. The molecule has 2 aromatic carbocycles. The molecule has 0 bridgehead atoms. The Labute approximate surface area is 126 Å². The van der Waals surface area contributed by atoms with Crippen molar-refractivity contribution >= 4 is 9.84 Å². The molecule has 0 heterocycles. The molecule has 0 N–H and O–H groups in total. The van der Waals surface area contributed by atoms with E-state index in [4.69, 9.17) is 0 Å². The van der Waals surface area contributed by atoms with Gasteiger partial charge < -0.3 is 0 Å². The van der Waals surface area contributed by atoms with E-state index in [2.05, 4.69) is 6.58 Å². The summed E-state index contributed by atoms with van der Waals surface area (Å²) in [7, 11) is -3.50. The Bertz CT molecular complexity index is 748. The lowest BCUT2D eigenvalue weighted by atomic mass is 9.93. The van der Waals surface area contributed by atoms with Crippen LogP contribution in [0.15, 0.2) is 77.7 Å². The van der Waals surface area contributed by atoms with Gasteiger partial charge in [0, 0.05) is 0 Å². The van der Waals surface area contributed by atoms with Gasteiger partial charge in [0.05, 0.1) is 4.90 Å². The molecule has 2 nitrogen and oxygen atoms in total. The highest BCUT2D eigenvalue weighted by Crippen LogP contribution is 2.50. The van der Waals surface area contributed by atoms with Crippen molar-refractivity contribution in [2.75, 3.05) is 0 Å². The van der Waals surface area contributed by atoms with Crippen LogP contribution in [-0.2, 0) is 14.6 Å². The molecule has 1 unspecified atom stereocenters. The van der Waals surface area contributed by atoms with Gasteiger partial charge in [0.25, 0.3) is 0 Å². The van der Waals surface area contributed by atoms with E-state index in [1.54, 1.807) is 24.3 Å². The van der Waals surface area contributed by atoms with Crippen molar-refractivity contribution in [3.8, 4) is 0 Å². The van der Waals surface area contributed by atoms with Crippen molar-refractivity contribution in [1.82, 2.24) is 0 Å². The zero-order chi connectivity index (χ0) is 14.9. The Morgan fingerprint density at radius 1 is 0.905 bits per heavy atom. The van der Waals surface area contributed by atoms with E-state index < -0.39 is 14.6 Å². The third-order valence-corrected chi connectivity index (χ3v) is 6.87. The van der Waals surface area contributed by atoms with Gasteiger partial charge in [-0.2, -0.15) is 0 Å². The van der Waals surface area contributed by atoms with Crippen molar-refractivity contribution in [3.05, 3.63) is 78.4 Å². The monoisotopic (exact) mass is 298 g/mol. The fourth-order valence-electron chi connectivity index (χ4n) is 3.27. The average molecular weight is 298 g/mol. The molecular weight excluding hydrogens is 280 g/mol. The first kappa shape index (κ1) is 14.1. The Hall–Kier alpha value is -1.87. The summed E-state index contributed by atoms with van der Waals surface area (Å²) in [6, 6.07) is 18.2. The Morgan fingerprint density at radius 3 is 2.00 bits per heavy atom. The van der Waals surface area contributed by atoms with E-state index in [0.717, 1.165) is 24.0 Å². The smallest absolute Gasteiger partial charge is 0.192 e. The van der Waals surface area contributed by atoms with Crippen molar-refractivity contribution in [1.29, 1.82) is 0 Å². The van der Waals surface area contributed by atoms with E-state index in [-0.39, 0.29) is 0 Å². The van der Waals surface area contributed by atoms with Crippen LogP contribution in [-0.4, -0.2) is 8.42 Å². The molecule has 108 valence electrons. The van der Waals surface area contributed by atoms with Gasteiger partial charge in [0.2, 0.25) is 0 Å². The lowest BCUT2D eigenvalue weighted by molar-refractivity contribution is 0.552. The highest BCUT2D eigenvalue weighted by atomic mass is 32.2. The van der Waals surface area contributed by atoms with Crippen molar-refractivity contribution in [3.63, 3.8) is 0 Å². The van der Waals surface area contributed by atoms with Gasteiger partial charge in [-0.05, 0) is 37.0 Å². The molecule has 1 aliphatic rings. The van der Waals surface area contributed by atoms with Gasteiger partial charge in [-0.15, -0.1) is 0 Å². The minimum absolute atomic E-state index is 0.372. The van der Waals surface area contributed by atoms with Crippen LogP contribution in [0.2, 0.25) is 0 Å². The topological polar surface area (TPSA) is 34.1 Å². The molecule has 0 aromatic heterocycles. The molecule has 21 heavy (non-hydrogen) atoms. The first-order valence-electron chi connectivity index (χ1n) is 7.12. The molecule has 0 radical (unpaired) electrons. The molecule has 0 spiro atoms. The predicted molar refractivity (Wildman–Crippen MR) is 84.7 cm³/mol. The number of hydrogen-bond acceptors (Lipinski definition) is 2. The number of hydrogen-bond donors (Lipinski definition) is 0. The third kappa shape index (κ3) is 2.04. The van der Waals surface area contributed by atoms with Crippen LogP contribution in [0, 0.1) is 0 Å². The van der Waals surface area contributed by atoms with E-state index in [1.165, 1.54) is 0 Å². The SMILES string of the molecule is C=C1CCCC1(c1ccccc1)S(=O)(=O)c1ccccc1. The van der Waals surface area contributed by atoms with Gasteiger partial charge in [0.15, 0.2) is 9.84 Å². The molecule has 0 amide bonds. The Kier molecular flexibility index (Phi) is 3.46. The average Bonchev–Trinajstić information content (AvgIpc) is 2.92. The minimum atomic E-state index is -3.50. The van der Waals surface area contributed by atoms with E-state index in [1.807, 2.05) is 36.4 Å². The van der Waals surface area contributed by atoms with Crippen molar-refractivity contribution < 1.29 is 8.42 Å². The molecule has 1 aliphatic carbocycles. The summed E-state index contributed by atoms with van der Waals surface area (Å²) in [5, 5.41) is 0. The molecule has 3 rings (SSSR count). The molecule has 1 saturated carbocycles. The number of sulfone groups is 1. The van der Waals surface area contributed by atoms with E-state index in [9.17, 15) is 8.42 Å². The number of rotatable bonds is 3. The minimum Gasteiger partial charge on any atom is -0.222 e. The van der Waals surface area contributed by atoms with Crippen LogP contribution in [0.4, 0.5) is 0 Å². The lowest BCUT2D eigenvalue weighted by Crippen LogP contribution is -2.34. The quantitative estimate of drug-likeness (QED) is 0.800. The standard InChI is InChI=1S/C18H18O2S/c1-15-9-8-14-18(15,16-10-4-2-5-11-16)21(19,20)17-12-6-3-7-13-17/h2-7,10-13H,1,8-9,14H2. The molecule has 3 heteroatoms. The van der Waals surface area contributed by atoms with E-state index >= 15 is 0 Å². The predicted octanol–water partition coefficient (Wildman–Crippen LogP) is 4.10. The Morgan fingerprint density at radius 2 is 1.48 bits per heavy atom. The molecule has 2 aromatic rings. The highest BCUT2D eigenvalue weighted by Gasteiger charge is 2.50. The normalized spacial score (nSPS) is 22.4. The molecule has 0 aliphatic heterocycles. The number of benzene rings is 2. The van der Waals surface area contributed by atoms with Crippen LogP contribution in [0.25, 0.3) is 0 Å². The largest absolute Gasteiger partial charge is 0.222 e. The van der Waals surface area contributed by atoms with Gasteiger partial charge in [-0.1, -0.05) is 60.7 Å². The second-order valence-electron chi connectivity index (χ2n) is 5.47. The maximum absolute atomic E-state index is 13.3. The van der Waals surface area contributed by atoms with Crippen molar-refractivity contribution in [2.24, 2.45) is 0 Å². The van der Waals surface area contributed by atoms with Crippen LogP contribution >= 0.6 is 0 Å². The van der Waals surface area contributed by atoms with Gasteiger partial charge in [-0.3, -0.25) is 0 Å². The summed E-state index contributed by atoms with van der Waals surface area (Å²) in [4.78, 5) is 0.372. The summed E-state index contributed by atoms with van der Waals surface area (Å²) in [6.07, 6.45) is 2.23. The van der Waals surface area contributed by atoms with Crippen molar-refractivity contribution in [2.45, 2.75) is 28.9 Å². The van der Waals surface area contributed by atoms with Gasteiger partial charge in [-0.25, -0.2) is 8.42 Å². The third-order valence-electron chi connectivity index (χ3n) is 4.33. The zero-order valence-electron chi connectivity index (χ0n) is 11.8. The molecule has 1 atom stereocenters. The first-order valence-corrected chi connectivity index (χ1v) is 8.61. The highest BCUT2D eigenvalue weighted by molar-refractivity contribution is 7.92.